The van der Waals surface area contributed by atoms with Gasteiger partial charge in [0.15, 0.2) is 0 Å². The summed E-state index contributed by atoms with van der Waals surface area (Å²) in [6, 6.07) is 0. The molecule has 2 aliphatic carbocycles. The Balaban J connectivity index is 2.24. The van der Waals surface area contributed by atoms with Crippen molar-refractivity contribution in [2.24, 2.45) is 39.9 Å². The van der Waals surface area contributed by atoms with Crippen LogP contribution < -0.4 is 0 Å². The van der Waals surface area contributed by atoms with Gasteiger partial charge in [-0.3, -0.25) is 28.8 Å². The highest BCUT2D eigenvalue weighted by molar-refractivity contribution is 5.94. The van der Waals surface area contributed by atoms with Crippen molar-refractivity contribution in [3.8, 4) is 0 Å². The first-order valence-corrected chi connectivity index (χ1v) is 25.3. The maximum atomic E-state index is 14.4. The highest BCUT2D eigenvalue weighted by Gasteiger charge is 2.63. The molecule has 2 rings (SSSR count). The minimum Gasteiger partial charge on any atom is -0.465 e. The summed E-state index contributed by atoms with van der Waals surface area (Å²) in [4.78, 5) is 78.3. The van der Waals surface area contributed by atoms with Crippen LogP contribution in [0.5, 0.6) is 0 Å². The fourth-order valence-corrected chi connectivity index (χ4v) is 9.77. The lowest BCUT2D eigenvalue weighted by Gasteiger charge is -2.39. The van der Waals surface area contributed by atoms with Crippen LogP contribution in [0.3, 0.4) is 0 Å². The molecule has 0 radical (unpaired) electrons. The molecule has 11 heteroatoms. The number of fused-ring (bicyclic) bond motifs is 2. The lowest BCUT2D eigenvalue weighted by atomic mass is 9.70. The van der Waals surface area contributed by atoms with Crippen molar-refractivity contribution in [3.05, 3.63) is 0 Å². The predicted octanol–water partition coefficient (Wildman–Crippen LogP) is 12.0. The number of hydrogen-bond donors (Lipinski definition) is 0. The molecule has 7 atom stereocenters. The van der Waals surface area contributed by atoms with E-state index in [-0.39, 0.29) is 66.7 Å². The molecule has 2 aliphatic rings. The molecule has 0 spiro atoms. The molecule has 11 nitrogen and oxygen atoms in total. The second-order valence-electron chi connectivity index (χ2n) is 20.1. The Morgan fingerprint density at radius 3 is 1.63 bits per heavy atom. The molecule has 0 aromatic heterocycles. The quantitative estimate of drug-likeness (QED) is 0.0256. The largest absolute Gasteiger partial charge is 0.465 e. The molecule has 7 unspecified atom stereocenters. The highest BCUT2D eigenvalue weighted by Crippen LogP contribution is 2.66. The van der Waals surface area contributed by atoms with Crippen molar-refractivity contribution < 1.29 is 52.5 Å². The van der Waals surface area contributed by atoms with E-state index < -0.39 is 35.1 Å². The van der Waals surface area contributed by atoms with E-state index in [4.69, 9.17) is 23.7 Å². The second-order valence-corrected chi connectivity index (χ2v) is 20.1. The van der Waals surface area contributed by atoms with Gasteiger partial charge in [-0.2, -0.15) is 0 Å². The van der Waals surface area contributed by atoms with Gasteiger partial charge in [-0.05, 0) is 102 Å². The topological polar surface area (TPSA) is 149 Å². The molecule has 2 fully saturated rings. The number of ether oxygens (including phenoxy) is 5. The second kappa shape index (κ2) is 29.5. The lowest BCUT2D eigenvalue weighted by Crippen LogP contribution is -2.40. The summed E-state index contributed by atoms with van der Waals surface area (Å²) >= 11 is 0. The van der Waals surface area contributed by atoms with Crippen molar-refractivity contribution in [3.63, 3.8) is 0 Å². The Morgan fingerprint density at radius 2 is 1.14 bits per heavy atom. The van der Waals surface area contributed by atoms with Crippen molar-refractivity contribution in [2.75, 3.05) is 26.4 Å². The number of Topliss-reactive ketones (excluding diaryl/α,β-unsaturated/α-hetero) is 1. The van der Waals surface area contributed by atoms with Crippen LogP contribution in [0.2, 0.25) is 0 Å². The zero-order valence-electron chi connectivity index (χ0n) is 41.4. The van der Waals surface area contributed by atoms with E-state index in [9.17, 15) is 28.8 Å². The van der Waals surface area contributed by atoms with Crippen LogP contribution in [-0.4, -0.2) is 68.2 Å². The van der Waals surface area contributed by atoms with E-state index in [1.165, 1.54) is 58.3 Å². The van der Waals surface area contributed by atoms with Gasteiger partial charge in [0.05, 0.1) is 36.4 Å². The van der Waals surface area contributed by atoms with E-state index in [0.29, 0.717) is 57.7 Å². The third kappa shape index (κ3) is 18.8. The molecule has 364 valence electrons. The summed E-state index contributed by atoms with van der Waals surface area (Å²) in [5.41, 5.74) is -1.04. The van der Waals surface area contributed by atoms with Crippen molar-refractivity contribution >= 4 is 35.6 Å². The average molecular weight is 891 g/mol. The summed E-state index contributed by atoms with van der Waals surface area (Å²) in [6.07, 6.45) is 20.5. The molecule has 0 aromatic carbocycles. The zero-order valence-corrected chi connectivity index (χ0v) is 41.4. The average Bonchev–Trinajstić information content (AvgIpc) is 3.58. The van der Waals surface area contributed by atoms with E-state index >= 15 is 0 Å². The van der Waals surface area contributed by atoms with Crippen molar-refractivity contribution in [1.82, 2.24) is 0 Å². The zero-order chi connectivity index (χ0) is 46.9. The van der Waals surface area contributed by atoms with Gasteiger partial charge < -0.3 is 23.7 Å². The first-order chi connectivity index (χ1) is 30.0. The van der Waals surface area contributed by atoms with E-state index in [2.05, 4.69) is 34.6 Å². The first kappa shape index (κ1) is 56.2. The Labute approximate surface area is 382 Å². The van der Waals surface area contributed by atoms with Gasteiger partial charge in [0.2, 0.25) is 0 Å². The van der Waals surface area contributed by atoms with Gasteiger partial charge in [-0.15, -0.1) is 0 Å². The summed E-state index contributed by atoms with van der Waals surface area (Å²) in [7, 11) is 0. The molecule has 2 saturated carbocycles. The van der Waals surface area contributed by atoms with E-state index in [0.717, 1.165) is 57.8 Å². The fourth-order valence-electron chi connectivity index (χ4n) is 9.77. The van der Waals surface area contributed by atoms with E-state index in [1.54, 1.807) is 0 Å². The van der Waals surface area contributed by atoms with Gasteiger partial charge in [-0.25, -0.2) is 0 Å². The molecule has 2 bridgehead atoms. The van der Waals surface area contributed by atoms with Gasteiger partial charge in [0, 0.05) is 5.41 Å². The van der Waals surface area contributed by atoms with Crippen LogP contribution in [0.25, 0.3) is 0 Å². The molecular formula is C52H90O11. The molecular weight excluding hydrogens is 801 g/mol. The van der Waals surface area contributed by atoms with Crippen molar-refractivity contribution in [1.29, 1.82) is 0 Å². The Kier molecular flexibility index (Phi) is 26.3. The standard InChI is InChI=1S/C52H90O11/c1-10-14-16-18-20-21-23-25-33-61-47(56)42(37-40(12-3)46(55)60-32-24-22-19-17-15-11-2)27-26-41(48(57)63-44-38-43-29-31-52(44,9)50(43,6)7)28-30-51(8,13-4)49(58)62-35-34-59-45(54)36-39(5)53/h40-44H,10-38H2,1-9H3. The third-order valence-corrected chi connectivity index (χ3v) is 15.2. The number of esters is 5. The third-order valence-electron chi connectivity index (χ3n) is 15.2. The van der Waals surface area contributed by atoms with Gasteiger partial charge >= 0.3 is 29.8 Å². The predicted molar refractivity (Wildman–Crippen MR) is 246 cm³/mol. The van der Waals surface area contributed by atoms with Gasteiger partial charge in [-0.1, -0.05) is 126 Å². The number of rotatable bonds is 36. The Hall–Kier alpha value is -2.98. The number of carbonyl (C=O) groups is 6. The van der Waals surface area contributed by atoms with Crippen LogP contribution >= 0.6 is 0 Å². The minimum absolute atomic E-state index is 0.0428. The van der Waals surface area contributed by atoms with Gasteiger partial charge in [0.1, 0.15) is 31.5 Å². The van der Waals surface area contributed by atoms with Crippen LogP contribution in [0, 0.1) is 39.9 Å². The van der Waals surface area contributed by atoms with Crippen LogP contribution in [0.15, 0.2) is 0 Å². The molecule has 0 heterocycles. The molecule has 63 heavy (non-hydrogen) atoms. The Morgan fingerprint density at radius 1 is 0.619 bits per heavy atom. The number of hydrogen-bond acceptors (Lipinski definition) is 11. The number of ketones is 1. The normalized spacial score (nSPS) is 21.2. The summed E-state index contributed by atoms with van der Waals surface area (Å²) < 4.78 is 28.7. The summed E-state index contributed by atoms with van der Waals surface area (Å²) in [5, 5.41) is 0. The SMILES string of the molecule is CCCCCCCCCCOC(=O)C(CCC(CCC(C)(CC)C(=O)OCCOC(=O)CC(C)=O)C(=O)OC1CC2CCC1(C)C2(C)C)CC(CC)C(=O)OCCCCCCCC. The highest BCUT2D eigenvalue weighted by atomic mass is 16.6. The first-order valence-electron chi connectivity index (χ1n) is 25.3. The Bertz CT molecular complexity index is 1390. The minimum atomic E-state index is -0.941. The molecule has 0 saturated heterocycles. The number of unbranched alkanes of at least 4 members (excludes halogenated alkanes) is 12. The van der Waals surface area contributed by atoms with Crippen molar-refractivity contribution in [2.45, 2.75) is 229 Å². The van der Waals surface area contributed by atoms with Crippen LogP contribution in [-0.2, 0) is 52.5 Å². The van der Waals surface area contributed by atoms with E-state index in [1.807, 2.05) is 20.8 Å². The molecule has 0 amide bonds. The molecule has 0 N–H and O–H groups in total. The lowest BCUT2D eigenvalue weighted by molar-refractivity contribution is -0.165. The van der Waals surface area contributed by atoms with Gasteiger partial charge in [0.25, 0.3) is 0 Å². The smallest absolute Gasteiger partial charge is 0.313 e. The maximum Gasteiger partial charge on any atom is 0.313 e. The van der Waals surface area contributed by atoms with Crippen LogP contribution in [0.4, 0.5) is 0 Å². The molecule has 0 aromatic rings. The fraction of sp³-hybridized carbons (Fsp3) is 0.885. The molecule has 0 aliphatic heterocycles. The summed E-state index contributed by atoms with van der Waals surface area (Å²) in [6.45, 7) is 18.5. The number of carbonyl (C=O) groups excluding carboxylic acids is 6. The van der Waals surface area contributed by atoms with Crippen LogP contribution in [0.1, 0.15) is 223 Å². The monoisotopic (exact) mass is 891 g/mol. The maximum absolute atomic E-state index is 14.4. The summed E-state index contributed by atoms with van der Waals surface area (Å²) in [5.74, 6) is -3.62.